The smallest absolute Gasteiger partial charge is 0.321 e. The minimum Gasteiger partial charge on any atom is -0.480 e. The second kappa shape index (κ2) is 4.39. The Bertz CT molecular complexity index is 141. The molecule has 0 aromatic carbocycles. The topological polar surface area (TPSA) is 37.3 Å². The number of rotatable bonds is 4. The molecule has 0 fully saturated rings. The van der Waals surface area contributed by atoms with Gasteiger partial charge >= 0.3 is 5.97 Å². The lowest BCUT2D eigenvalue weighted by Crippen LogP contribution is -2.17. The molecule has 0 saturated heterocycles. The lowest BCUT2D eigenvalue weighted by atomic mass is 10.2. The molecule has 0 aliphatic rings. The van der Waals surface area contributed by atoms with Gasteiger partial charge in [0.1, 0.15) is 9.71 Å². The van der Waals surface area contributed by atoms with E-state index >= 15 is 0 Å². The first kappa shape index (κ1) is 11.3. The first-order valence-electron chi connectivity index (χ1n) is 3.07. The maximum atomic E-state index is 10.2. The van der Waals surface area contributed by atoms with Gasteiger partial charge in [-0.3, -0.25) is 4.79 Å². The van der Waals surface area contributed by atoms with Crippen LogP contribution in [0.5, 0.6) is 0 Å². The van der Waals surface area contributed by atoms with Crippen molar-refractivity contribution in [3.05, 3.63) is 0 Å². The Balaban J connectivity index is 3.63. The molecule has 1 unspecified atom stereocenters. The third-order valence-electron chi connectivity index (χ3n) is 1.10. The number of hydrogen-bond donors (Lipinski definition) is 1. The summed E-state index contributed by atoms with van der Waals surface area (Å²) in [7, 11) is 0. The van der Waals surface area contributed by atoms with E-state index in [1.807, 2.05) is 0 Å². The van der Waals surface area contributed by atoms with Gasteiger partial charge in [0.15, 0.2) is 0 Å². The lowest BCUT2D eigenvalue weighted by Gasteiger charge is -2.13. The Hall–Kier alpha value is 0.340. The number of carbonyl (C=O) groups is 1. The molecule has 0 aliphatic heterocycles. The zero-order chi connectivity index (χ0) is 9.07. The minimum atomic E-state index is -1.04. The monoisotopic (exact) mass is 218 g/mol. The van der Waals surface area contributed by atoms with Gasteiger partial charge in [0.05, 0.1) is 0 Å². The molecule has 1 N–H and O–H groups in total. The number of hydrogen-bond acceptors (Lipinski definition) is 1. The highest BCUT2D eigenvalue weighted by Gasteiger charge is 2.21. The van der Waals surface area contributed by atoms with Gasteiger partial charge in [-0.25, -0.2) is 0 Å². The summed E-state index contributed by atoms with van der Waals surface area (Å²) < 4.78 is -0.886. The predicted octanol–water partition coefficient (Wildman–Crippen LogP) is 2.65. The van der Waals surface area contributed by atoms with Crippen molar-refractivity contribution >= 4 is 40.8 Å². The number of halogens is 3. The van der Waals surface area contributed by atoms with Gasteiger partial charge < -0.3 is 5.11 Å². The van der Waals surface area contributed by atoms with Crippen LogP contribution in [0, 0.1) is 0 Å². The van der Waals surface area contributed by atoms with E-state index in [2.05, 4.69) is 0 Å². The first-order valence-corrected chi connectivity index (χ1v) is 4.27. The largest absolute Gasteiger partial charge is 0.480 e. The number of carboxylic acid groups (broad SMARTS) is 1. The molecule has 0 heterocycles. The van der Waals surface area contributed by atoms with E-state index in [1.165, 1.54) is 0 Å². The quantitative estimate of drug-likeness (QED) is 0.738. The fourth-order valence-electron chi connectivity index (χ4n) is 0.504. The number of aliphatic carboxylic acids is 1. The van der Waals surface area contributed by atoms with Crippen LogP contribution in [0.3, 0.4) is 0 Å². The molecule has 0 spiro atoms. The van der Waals surface area contributed by atoms with Crippen LogP contribution in [0.2, 0.25) is 0 Å². The van der Waals surface area contributed by atoms with Gasteiger partial charge in [0.25, 0.3) is 0 Å². The van der Waals surface area contributed by atoms with Crippen LogP contribution in [0.1, 0.15) is 19.8 Å². The van der Waals surface area contributed by atoms with Gasteiger partial charge in [-0.1, -0.05) is 0 Å². The van der Waals surface area contributed by atoms with E-state index in [-0.39, 0.29) is 6.42 Å². The minimum absolute atomic E-state index is 0.278. The standard InChI is InChI=1S/C6H9Cl3O2/c1-6(8,9)3-2-4(7)5(10)11/h4H,2-3H2,1H3,(H,10,11). The van der Waals surface area contributed by atoms with Gasteiger partial charge in [0.2, 0.25) is 0 Å². The third kappa shape index (κ3) is 6.73. The first-order chi connectivity index (χ1) is 4.83. The molecule has 0 bridgehead atoms. The van der Waals surface area contributed by atoms with Crippen molar-refractivity contribution in [2.75, 3.05) is 0 Å². The summed E-state index contributed by atoms with van der Waals surface area (Å²) in [6.45, 7) is 1.60. The van der Waals surface area contributed by atoms with Crippen LogP contribution >= 0.6 is 34.8 Å². The van der Waals surface area contributed by atoms with E-state index in [9.17, 15) is 4.79 Å². The summed E-state index contributed by atoms with van der Waals surface area (Å²) in [6, 6.07) is 0. The third-order valence-corrected chi connectivity index (χ3v) is 1.89. The fraction of sp³-hybridized carbons (Fsp3) is 0.833. The number of carboxylic acids is 1. The van der Waals surface area contributed by atoms with Crippen molar-refractivity contribution in [2.45, 2.75) is 29.5 Å². The van der Waals surface area contributed by atoms with Crippen molar-refractivity contribution in [3.8, 4) is 0 Å². The summed E-state index contributed by atoms with van der Waals surface area (Å²) in [6.07, 6.45) is 0.650. The summed E-state index contributed by atoms with van der Waals surface area (Å²) in [5, 5.41) is 7.46. The average Bonchev–Trinajstić information content (AvgIpc) is 1.80. The summed E-state index contributed by atoms with van der Waals surface area (Å²) in [5.74, 6) is -1.04. The molecular weight excluding hydrogens is 210 g/mol. The SMILES string of the molecule is CC(Cl)(Cl)CCC(Cl)C(=O)O. The Labute approximate surface area is 80.4 Å². The van der Waals surface area contributed by atoms with Crippen LogP contribution in [-0.4, -0.2) is 20.8 Å². The molecule has 66 valence electrons. The van der Waals surface area contributed by atoms with Gasteiger partial charge in [0, 0.05) is 0 Å². The lowest BCUT2D eigenvalue weighted by molar-refractivity contribution is -0.136. The molecule has 0 saturated carbocycles. The second-order valence-electron chi connectivity index (χ2n) is 2.41. The van der Waals surface area contributed by atoms with Gasteiger partial charge in [-0.05, 0) is 19.8 Å². The second-order valence-corrected chi connectivity index (χ2v) is 4.80. The number of alkyl halides is 3. The Morgan fingerprint density at radius 2 is 2.09 bits per heavy atom. The Morgan fingerprint density at radius 3 is 2.36 bits per heavy atom. The van der Waals surface area contributed by atoms with E-state index in [4.69, 9.17) is 39.9 Å². The molecule has 5 heteroatoms. The molecule has 0 radical (unpaired) electrons. The Kier molecular flexibility index (Phi) is 4.52. The van der Waals surface area contributed by atoms with Crippen molar-refractivity contribution in [1.29, 1.82) is 0 Å². The van der Waals surface area contributed by atoms with Crippen molar-refractivity contribution < 1.29 is 9.90 Å². The molecule has 0 rings (SSSR count). The highest BCUT2D eigenvalue weighted by atomic mass is 35.5. The zero-order valence-electron chi connectivity index (χ0n) is 5.98. The molecule has 11 heavy (non-hydrogen) atoms. The zero-order valence-corrected chi connectivity index (χ0v) is 8.25. The highest BCUT2D eigenvalue weighted by molar-refractivity contribution is 6.48. The predicted molar refractivity (Wildman–Crippen MR) is 46.6 cm³/mol. The highest BCUT2D eigenvalue weighted by Crippen LogP contribution is 2.27. The van der Waals surface area contributed by atoms with Gasteiger partial charge in [-0.15, -0.1) is 34.8 Å². The maximum absolute atomic E-state index is 10.2. The summed E-state index contributed by atoms with van der Waals surface area (Å²) in [4.78, 5) is 10.2. The van der Waals surface area contributed by atoms with Crippen LogP contribution in [0.15, 0.2) is 0 Å². The molecule has 0 aromatic rings. The summed E-state index contributed by atoms with van der Waals surface area (Å²) >= 11 is 16.6. The summed E-state index contributed by atoms with van der Waals surface area (Å²) in [5.41, 5.74) is 0. The van der Waals surface area contributed by atoms with Crippen molar-refractivity contribution in [3.63, 3.8) is 0 Å². The Morgan fingerprint density at radius 1 is 1.64 bits per heavy atom. The maximum Gasteiger partial charge on any atom is 0.321 e. The molecule has 0 amide bonds. The van der Waals surface area contributed by atoms with Crippen molar-refractivity contribution in [1.82, 2.24) is 0 Å². The molecule has 2 nitrogen and oxygen atoms in total. The van der Waals surface area contributed by atoms with E-state index in [1.54, 1.807) is 6.92 Å². The van der Waals surface area contributed by atoms with Crippen molar-refractivity contribution in [2.24, 2.45) is 0 Å². The molecule has 0 aliphatic carbocycles. The normalized spacial score (nSPS) is 14.5. The average molecular weight is 219 g/mol. The van der Waals surface area contributed by atoms with E-state index < -0.39 is 15.7 Å². The van der Waals surface area contributed by atoms with E-state index in [0.29, 0.717) is 6.42 Å². The molecular formula is C6H9Cl3O2. The molecule has 1 atom stereocenters. The van der Waals surface area contributed by atoms with Crippen LogP contribution in [0.4, 0.5) is 0 Å². The van der Waals surface area contributed by atoms with Gasteiger partial charge in [-0.2, -0.15) is 0 Å². The fourth-order valence-corrected chi connectivity index (χ4v) is 0.831. The molecule has 0 aromatic heterocycles. The van der Waals surface area contributed by atoms with Crippen LogP contribution in [-0.2, 0) is 4.79 Å². The van der Waals surface area contributed by atoms with Crippen LogP contribution in [0.25, 0.3) is 0 Å². The van der Waals surface area contributed by atoms with Crippen LogP contribution < -0.4 is 0 Å². The van der Waals surface area contributed by atoms with E-state index in [0.717, 1.165) is 0 Å².